The van der Waals surface area contributed by atoms with E-state index in [1.165, 1.54) is 139 Å². The van der Waals surface area contributed by atoms with Crippen LogP contribution in [0, 0.1) is 0 Å². The second kappa shape index (κ2) is 18.5. The lowest BCUT2D eigenvalue weighted by Crippen LogP contribution is -2.10. The molecule has 0 saturated heterocycles. The van der Waals surface area contributed by atoms with Crippen LogP contribution in [-0.4, -0.2) is 8.80 Å². The van der Waals surface area contributed by atoms with Gasteiger partial charge in [0.25, 0.3) is 0 Å². The van der Waals surface area contributed by atoms with Crippen LogP contribution >= 0.6 is 22.7 Å². The largest absolute Gasteiger partial charge is 0.308 e. The maximum atomic E-state index is 4.28. The number of hydrogen-bond acceptors (Lipinski definition) is 4. The minimum Gasteiger partial charge on any atom is -0.308 e. The smallest absolute Gasteiger partial charge is 0.0640 e. The molecule has 0 saturated carbocycles. The third-order valence-electron chi connectivity index (χ3n) is 17.8. The van der Waals surface area contributed by atoms with Crippen molar-refractivity contribution >= 4 is 175 Å². The average molecular weight is 1120 g/mol. The van der Waals surface area contributed by atoms with Crippen LogP contribution in [0.15, 0.2) is 267 Å². The van der Waals surface area contributed by atoms with Gasteiger partial charge in [-0.1, -0.05) is 213 Å². The summed E-state index contributed by atoms with van der Waals surface area (Å²) in [6.45, 7) is 6.37. The van der Waals surface area contributed by atoms with Gasteiger partial charge in [0.2, 0.25) is 0 Å². The molecule has 0 radical (unpaired) electrons. The van der Waals surface area contributed by atoms with Crippen molar-refractivity contribution in [2.24, 2.45) is 0 Å². The molecule has 6 heteroatoms. The number of para-hydroxylation sites is 4. The van der Waals surface area contributed by atoms with Crippen LogP contribution in [0.4, 0.5) is 34.1 Å². The molecule has 0 fully saturated rings. The molecule has 0 amide bonds. The Bertz CT molecular complexity index is 5750. The van der Waals surface area contributed by atoms with Crippen LogP contribution in [0.5, 0.6) is 0 Å². The fraction of sp³-hybridized carbons (Fsp3) is 0.0127. The molecule has 0 aliphatic rings. The van der Waals surface area contributed by atoms with E-state index in [-0.39, 0.29) is 0 Å². The number of anilines is 6. The minimum atomic E-state index is 1.10. The summed E-state index contributed by atoms with van der Waals surface area (Å²) in [7, 11) is 0. The van der Waals surface area contributed by atoms with Gasteiger partial charge in [0.05, 0.1) is 65.2 Å². The van der Waals surface area contributed by atoms with Crippen molar-refractivity contribution < 1.29 is 0 Å². The molecule has 0 spiro atoms. The van der Waals surface area contributed by atoms with E-state index in [2.05, 4.69) is 299 Å². The van der Waals surface area contributed by atoms with Crippen molar-refractivity contribution in [2.45, 2.75) is 6.92 Å². The van der Waals surface area contributed by atoms with Gasteiger partial charge in [-0.25, -0.2) is 0 Å². The molecule has 6 heterocycles. The Morgan fingerprint density at radius 2 is 0.753 bits per heavy atom. The number of rotatable bonds is 10. The van der Waals surface area contributed by atoms with Crippen molar-refractivity contribution in [3.05, 3.63) is 278 Å². The Morgan fingerprint density at radius 1 is 0.353 bits per heavy atom. The lowest BCUT2D eigenvalue weighted by atomic mass is 9.89. The predicted molar refractivity (Wildman–Crippen MR) is 369 cm³/mol. The summed E-state index contributed by atoms with van der Waals surface area (Å²) in [6, 6.07) is 94.7. The summed E-state index contributed by atoms with van der Waals surface area (Å²) in [6.07, 6.45) is 6.36. The first kappa shape index (κ1) is 48.1. The molecule has 0 bridgehead atoms. The van der Waals surface area contributed by atoms with E-state index in [0.29, 0.717) is 0 Å². The Morgan fingerprint density at radius 3 is 1.26 bits per heavy atom. The van der Waals surface area contributed by atoms with E-state index in [1.807, 2.05) is 28.7 Å². The number of nitrogens with zero attached hydrogens (tertiary/aromatic N) is 4. The molecular weight excluding hydrogens is 1070 g/mol. The lowest BCUT2D eigenvalue weighted by molar-refractivity contribution is 1.31. The summed E-state index contributed by atoms with van der Waals surface area (Å²) < 4.78 is 9.06. The van der Waals surface area contributed by atoms with E-state index < -0.39 is 0 Å². The summed E-state index contributed by atoms with van der Waals surface area (Å²) in [4.78, 5) is 6.18. The number of hydrogen-bond donors (Lipinski definition) is 0. The van der Waals surface area contributed by atoms with E-state index in [0.717, 1.165) is 34.0 Å². The zero-order chi connectivity index (χ0) is 56.0. The zero-order valence-electron chi connectivity index (χ0n) is 46.3. The van der Waals surface area contributed by atoms with Crippen molar-refractivity contribution in [3.8, 4) is 22.3 Å². The molecule has 0 atom stereocenters. The molecule has 0 unspecified atom stereocenters. The predicted octanol–water partition coefficient (Wildman–Crippen LogP) is 23.5. The van der Waals surface area contributed by atoms with E-state index in [4.69, 9.17) is 0 Å². The second-order valence-electron chi connectivity index (χ2n) is 22.2. The van der Waals surface area contributed by atoms with Gasteiger partial charge in [-0.15, -0.1) is 22.7 Å². The van der Waals surface area contributed by atoms with E-state index in [1.54, 1.807) is 0 Å². The number of thiophene rings is 2. The molecule has 18 aromatic rings. The second-order valence-corrected chi connectivity index (χ2v) is 24.3. The number of allylic oxidation sites excluding steroid dienone is 1. The summed E-state index contributed by atoms with van der Waals surface area (Å²) in [5.74, 6) is 0. The highest BCUT2D eigenvalue weighted by Gasteiger charge is 2.33. The third-order valence-corrected chi connectivity index (χ3v) is 20.2. The van der Waals surface area contributed by atoms with Crippen LogP contribution in [-0.2, 0) is 0 Å². The maximum absolute atomic E-state index is 4.28. The van der Waals surface area contributed by atoms with Crippen LogP contribution in [0.25, 0.3) is 141 Å². The van der Waals surface area contributed by atoms with Crippen LogP contribution in [0.3, 0.4) is 0 Å². The van der Waals surface area contributed by atoms with Crippen molar-refractivity contribution in [3.63, 3.8) is 0 Å². The van der Waals surface area contributed by atoms with E-state index >= 15 is 0 Å². The highest BCUT2D eigenvalue weighted by Crippen LogP contribution is 2.57. The SMILES string of the molecule is C=Cc1sc2c(N(c3ccccc3)c3cccc4c3c3cccc5c6c(-c7ccccc7)c7c(c(-c8ccccc8)c6n4c35)c3cccc4c5c(N(c6ccccc6)c6cccc8c6sc6ccccc68)cccc5n7c43)cccc2c1/C=C\C. The first-order chi connectivity index (χ1) is 42.2. The third kappa shape index (κ3) is 6.66. The molecular formula is C79H50N4S2. The maximum Gasteiger partial charge on any atom is 0.0640 e. The molecule has 18 rings (SSSR count). The monoisotopic (exact) mass is 1120 g/mol. The first-order valence-electron chi connectivity index (χ1n) is 29.1. The zero-order valence-corrected chi connectivity index (χ0v) is 47.9. The molecule has 12 aromatic carbocycles. The normalized spacial score (nSPS) is 12.3. The van der Waals surface area contributed by atoms with Gasteiger partial charge in [0, 0.05) is 96.9 Å². The Labute approximate surface area is 497 Å². The van der Waals surface area contributed by atoms with Crippen molar-refractivity contribution in [2.75, 3.05) is 9.80 Å². The van der Waals surface area contributed by atoms with Gasteiger partial charge in [-0.3, -0.25) is 0 Å². The van der Waals surface area contributed by atoms with Crippen LogP contribution in [0.1, 0.15) is 17.4 Å². The Hall–Kier alpha value is -10.5. The van der Waals surface area contributed by atoms with Gasteiger partial charge in [-0.2, -0.15) is 0 Å². The average Bonchev–Trinajstić information content (AvgIpc) is 1.53. The van der Waals surface area contributed by atoms with Crippen LogP contribution < -0.4 is 9.80 Å². The quantitative estimate of drug-likeness (QED) is 0.136. The molecule has 0 aliphatic carbocycles. The standard InChI is InChI=1S/C79H50N4S2/c1-3-25-52-54-35-21-45-64(78(54)84-66(52)4-2)80(50-30-13-7-14-31-50)60-41-23-43-62-70(60)56-37-19-39-58-72-69(49-28-11-6-12-29-49)77-73(68(48-26-9-5-10-27-48)76(72)82(62)74(56)58)59-40-20-38-57-71-61(42-24-44-63(71)83(77)75(57)59)81(51-32-15-8-16-33-51)65-46-22-36-55-53-34-17-18-47-67(53)85-79(55)65/h3-47H,2H2,1H3/b25-3-. The van der Waals surface area contributed by atoms with Crippen LogP contribution in [0.2, 0.25) is 0 Å². The highest BCUT2D eigenvalue weighted by molar-refractivity contribution is 7.26. The fourth-order valence-corrected chi connectivity index (χ4v) is 16.9. The Kier molecular flexibility index (Phi) is 10.5. The molecule has 6 aromatic heterocycles. The van der Waals surface area contributed by atoms with Gasteiger partial charge in [-0.05, 0) is 84.8 Å². The van der Waals surface area contributed by atoms with Gasteiger partial charge < -0.3 is 18.6 Å². The van der Waals surface area contributed by atoms with Gasteiger partial charge >= 0.3 is 0 Å². The summed E-state index contributed by atoms with van der Waals surface area (Å²) in [5.41, 5.74) is 20.0. The topological polar surface area (TPSA) is 15.3 Å². The molecule has 0 N–H and O–H groups in total. The number of fused-ring (bicyclic) bond motifs is 16. The molecule has 0 aliphatic heterocycles. The van der Waals surface area contributed by atoms with Gasteiger partial charge in [0.1, 0.15) is 0 Å². The van der Waals surface area contributed by atoms with Gasteiger partial charge in [0.15, 0.2) is 0 Å². The van der Waals surface area contributed by atoms with E-state index in [9.17, 15) is 0 Å². The summed E-state index contributed by atoms with van der Waals surface area (Å²) in [5, 5.41) is 13.6. The molecule has 4 nitrogen and oxygen atoms in total. The number of aromatic nitrogens is 2. The lowest BCUT2D eigenvalue weighted by Gasteiger charge is -2.27. The van der Waals surface area contributed by atoms with Crippen molar-refractivity contribution in [1.82, 2.24) is 8.80 Å². The molecule has 85 heavy (non-hydrogen) atoms. The highest BCUT2D eigenvalue weighted by atomic mass is 32.1. The Balaban J connectivity index is 0.994. The fourth-order valence-electron chi connectivity index (χ4n) is 14.6. The number of benzene rings is 12. The van der Waals surface area contributed by atoms with Crippen molar-refractivity contribution in [1.29, 1.82) is 0 Å². The summed E-state index contributed by atoms with van der Waals surface area (Å²) >= 11 is 3.69. The first-order valence-corrected chi connectivity index (χ1v) is 30.7. The minimum absolute atomic E-state index is 1.10. The molecule has 398 valence electrons.